The normalized spacial score (nSPS) is 14.6. The minimum absolute atomic E-state index is 0.0508. The van der Waals surface area contributed by atoms with Gasteiger partial charge in [-0.25, -0.2) is 4.98 Å². The van der Waals surface area contributed by atoms with Crippen molar-refractivity contribution in [2.45, 2.75) is 26.1 Å². The summed E-state index contributed by atoms with van der Waals surface area (Å²) in [5, 5.41) is 0.572. The summed E-state index contributed by atoms with van der Waals surface area (Å²) < 4.78 is 40.3. The summed E-state index contributed by atoms with van der Waals surface area (Å²) in [5.41, 5.74) is 0.0317. The fourth-order valence-electron chi connectivity index (χ4n) is 3.63. The molecule has 1 aliphatic heterocycles. The van der Waals surface area contributed by atoms with Crippen molar-refractivity contribution in [3.63, 3.8) is 0 Å². The number of halogens is 4. The number of hydrogen-bond acceptors (Lipinski definition) is 7. The third-order valence-electron chi connectivity index (χ3n) is 5.74. The van der Waals surface area contributed by atoms with E-state index in [1.807, 2.05) is 42.8 Å². The summed E-state index contributed by atoms with van der Waals surface area (Å²) in [6.45, 7) is 5.66. The second-order valence-corrected chi connectivity index (χ2v) is 8.76. The number of nitrogens with zero attached hydrogens (tertiary/aromatic N) is 7. The van der Waals surface area contributed by atoms with Gasteiger partial charge in [0, 0.05) is 56.1 Å². The third kappa shape index (κ3) is 5.16. The fraction of sp³-hybridized carbons (Fsp3) is 0.391. The van der Waals surface area contributed by atoms with Gasteiger partial charge >= 0.3 is 6.18 Å². The van der Waals surface area contributed by atoms with Crippen molar-refractivity contribution >= 4 is 29.3 Å². The fourth-order valence-corrected chi connectivity index (χ4v) is 3.82. The van der Waals surface area contributed by atoms with Crippen molar-refractivity contribution < 1.29 is 13.2 Å². The number of alkyl halides is 3. The van der Waals surface area contributed by atoms with Gasteiger partial charge in [0.1, 0.15) is 5.82 Å². The predicted octanol–water partition coefficient (Wildman–Crippen LogP) is 4.78. The number of hydrogen-bond donors (Lipinski definition) is 0. The van der Waals surface area contributed by atoms with Gasteiger partial charge in [0.2, 0.25) is 11.9 Å². The highest BCUT2D eigenvalue weighted by Crippen LogP contribution is 2.35. The van der Waals surface area contributed by atoms with Gasteiger partial charge < -0.3 is 14.7 Å². The molecule has 4 rings (SSSR count). The molecule has 3 heterocycles. The first-order valence-electron chi connectivity index (χ1n) is 10.9. The van der Waals surface area contributed by atoms with Crippen LogP contribution in [0, 0.1) is 0 Å². The van der Waals surface area contributed by atoms with Gasteiger partial charge in [0.15, 0.2) is 5.82 Å². The Kier molecular flexibility index (Phi) is 6.79. The molecule has 1 fully saturated rings. The van der Waals surface area contributed by atoms with Crippen LogP contribution in [0.25, 0.3) is 11.4 Å². The van der Waals surface area contributed by atoms with Crippen LogP contribution in [-0.4, -0.2) is 59.2 Å². The van der Waals surface area contributed by atoms with Crippen LogP contribution in [0.5, 0.6) is 0 Å². The van der Waals surface area contributed by atoms with E-state index in [1.54, 1.807) is 17.0 Å². The van der Waals surface area contributed by atoms with E-state index in [4.69, 9.17) is 11.6 Å². The number of piperazine rings is 1. The smallest absolute Gasteiger partial charge is 0.353 e. The van der Waals surface area contributed by atoms with Crippen molar-refractivity contribution in [3.8, 4) is 11.4 Å². The molecular weight excluding hydrogens is 467 g/mol. The highest BCUT2D eigenvalue weighted by molar-refractivity contribution is 6.30. The van der Waals surface area contributed by atoms with Gasteiger partial charge in [-0.2, -0.15) is 28.1 Å². The molecule has 2 aromatic heterocycles. The lowest BCUT2D eigenvalue weighted by atomic mass is 10.2. The van der Waals surface area contributed by atoms with Gasteiger partial charge in [0.05, 0.1) is 5.56 Å². The largest absolute Gasteiger partial charge is 0.419 e. The Balaban J connectivity index is 1.62. The molecule has 0 saturated carbocycles. The van der Waals surface area contributed by atoms with Crippen LogP contribution in [0.15, 0.2) is 42.6 Å². The lowest BCUT2D eigenvalue weighted by Gasteiger charge is -2.36. The number of anilines is 3. The maximum Gasteiger partial charge on any atom is 0.419 e. The monoisotopic (exact) mass is 491 g/mol. The molecule has 0 amide bonds. The van der Waals surface area contributed by atoms with Crippen molar-refractivity contribution in [3.05, 3.63) is 53.2 Å². The zero-order valence-corrected chi connectivity index (χ0v) is 19.8. The van der Waals surface area contributed by atoms with Gasteiger partial charge in [-0.1, -0.05) is 23.7 Å². The van der Waals surface area contributed by atoms with Crippen LogP contribution in [0.4, 0.5) is 30.9 Å². The van der Waals surface area contributed by atoms with Gasteiger partial charge in [-0.05, 0) is 38.1 Å². The Hall–Kier alpha value is -3.14. The Morgan fingerprint density at radius 3 is 2.32 bits per heavy atom. The molecule has 34 heavy (non-hydrogen) atoms. The maximum atomic E-state index is 13.4. The first-order chi connectivity index (χ1) is 16.1. The number of rotatable bonds is 5. The molecule has 0 bridgehead atoms. The standard InChI is InChI=1S/C23H25ClF3N7/c1-15(2)32(3)21-29-19(16-6-4-7-17(24)14-16)30-22(31-21)34-12-10-33(11-13-34)20-18(23(25,26)27)8-5-9-28-20/h4-9,14-15H,10-13H2,1-3H3. The summed E-state index contributed by atoms with van der Waals surface area (Å²) >= 11 is 6.17. The van der Waals surface area contributed by atoms with E-state index < -0.39 is 11.7 Å². The van der Waals surface area contributed by atoms with E-state index in [0.29, 0.717) is 48.9 Å². The molecule has 3 aromatic rings. The van der Waals surface area contributed by atoms with Crippen molar-refractivity contribution in [2.24, 2.45) is 0 Å². The molecule has 1 aliphatic rings. The third-order valence-corrected chi connectivity index (χ3v) is 5.97. The number of aromatic nitrogens is 4. The van der Waals surface area contributed by atoms with E-state index in [9.17, 15) is 13.2 Å². The molecule has 0 unspecified atom stereocenters. The second-order valence-electron chi connectivity index (χ2n) is 8.32. The average Bonchev–Trinajstić information content (AvgIpc) is 2.83. The molecule has 0 N–H and O–H groups in total. The Labute approximate surface area is 201 Å². The van der Waals surface area contributed by atoms with E-state index >= 15 is 0 Å². The highest BCUT2D eigenvalue weighted by Gasteiger charge is 2.36. The average molecular weight is 492 g/mol. The molecule has 0 aliphatic carbocycles. The van der Waals surface area contributed by atoms with Crippen LogP contribution < -0.4 is 14.7 Å². The van der Waals surface area contributed by atoms with Crippen LogP contribution >= 0.6 is 11.6 Å². The first kappa shape index (κ1) is 24.0. The molecule has 180 valence electrons. The van der Waals surface area contributed by atoms with Crippen LogP contribution in [-0.2, 0) is 6.18 Å². The molecule has 0 atom stereocenters. The zero-order valence-electron chi connectivity index (χ0n) is 19.1. The first-order valence-corrected chi connectivity index (χ1v) is 11.3. The maximum absolute atomic E-state index is 13.4. The molecule has 0 radical (unpaired) electrons. The second kappa shape index (κ2) is 9.61. The molecule has 11 heteroatoms. The topological polar surface area (TPSA) is 61.3 Å². The van der Waals surface area contributed by atoms with Crippen molar-refractivity contribution in [2.75, 3.05) is 47.9 Å². The Bertz CT molecular complexity index is 1150. The van der Waals surface area contributed by atoms with E-state index in [1.165, 1.54) is 12.3 Å². The van der Waals surface area contributed by atoms with Crippen molar-refractivity contribution in [1.29, 1.82) is 0 Å². The Morgan fingerprint density at radius 2 is 1.68 bits per heavy atom. The van der Waals surface area contributed by atoms with Crippen LogP contribution in [0.1, 0.15) is 19.4 Å². The Morgan fingerprint density at radius 1 is 0.971 bits per heavy atom. The molecule has 0 spiro atoms. The van der Waals surface area contributed by atoms with Gasteiger partial charge in [0.25, 0.3) is 0 Å². The van der Waals surface area contributed by atoms with Gasteiger partial charge in [-0.3, -0.25) is 0 Å². The summed E-state index contributed by atoms with van der Waals surface area (Å²) in [7, 11) is 1.91. The summed E-state index contributed by atoms with van der Waals surface area (Å²) in [6, 6.07) is 9.80. The zero-order chi connectivity index (χ0) is 24.5. The van der Waals surface area contributed by atoms with E-state index in [0.717, 1.165) is 11.6 Å². The highest BCUT2D eigenvalue weighted by atomic mass is 35.5. The van der Waals surface area contributed by atoms with Gasteiger partial charge in [-0.15, -0.1) is 0 Å². The number of benzene rings is 1. The van der Waals surface area contributed by atoms with Crippen molar-refractivity contribution in [1.82, 2.24) is 19.9 Å². The summed E-state index contributed by atoms with van der Waals surface area (Å²) in [5.74, 6) is 1.43. The molecule has 1 saturated heterocycles. The molecule has 7 nitrogen and oxygen atoms in total. The van der Waals surface area contributed by atoms with Crippen LogP contribution in [0.2, 0.25) is 5.02 Å². The minimum Gasteiger partial charge on any atom is -0.353 e. The minimum atomic E-state index is -4.46. The number of pyridine rings is 1. The SMILES string of the molecule is CC(C)N(C)c1nc(-c2cccc(Cl)c2)nc(N2CCN(c3ncccc3C(F)(F)F)CC2)n1. The predicted molar refractivity (Wildman–Crippen MR) is 127 cm³/mol. The lowest BCUT2D eigenvalue weighted by Crippen LogP contribution is -2.48. The van der Waals surface area contributed by atoms with E-state index in [2.05, 4.69) is 19.9 Å². The molecular formula is C23H25ClF3N7. The molecule has 1 aromatic carbocycles. The quantitative estimate of drug-likeness (QED) is 0.509. The summed E-state index contributed by atoms with van der Waals surface area (Å²) in [4.78, 5) is 23.5. The lowest BCUT2D eigenvalue weighted by molar-refractivity contribution is -0.137. The van der Waals surface area contributed by atoms with Crippen LogP contribution in [0.3, 0.4) is 0 Å². The van der Waals surface area contributed by atoms with E-state index in [-0.39, 0.29) is 11.9 Å². The summed E-state index contributed by atoms with van der Waals surface area (Å²) in [6.07, 6.45) is -3.08.